The number of nitrogens with zero attached hydrogens (tertiary/aromatic N) is 3. The zero-order valence-corrected chi connectivity index (χ0v) is 15.7. The summed E-state index contributed by atoms with van der Waals surface area (Å²) in [6.07, 6.45) is 3.17. The smallest absolute Gasteiger partial charge is 0.227 e. The predicted molar refractivity (Wildman–Crippen MR) is 96.8 cm³/mol. The van der Waals surface area contributed by atoms with E-state index in [-0.39, 0.29) is 23.0 Å². The molecule has 0 radical (unpaired) electrons. The lowest BCUT2D eigenvalue weighted by Gasteiger charge is -2.34. The highest BCUT2D eigenvalue weighted by molar-refractivity contribution is 5.76. The van der Waals surface area contributed by atoms with Gasteiger partial charge in [-0.3, -0.25) is 4.79 Å². The number of hydrogen-bond donors (Lipinski definition) is 0. The van der Waals surface area contributed by atoms with E-state index in [1.807, 2.05) is 4.90 Å². The molecule has 0 bridgehead atoms. The molecule has 6 heteroatoms. The Morgan fingerprint density at radius 1 is 1.35 bits per heavy atom. The highest BCUT2D eigenvalue weighted by atomic mass is 19.1. The van der Waals surface area contributed by atoms with Gasteiger partial charge in [-0.25, -0.2) is 4.39 Å². The molecule has 1 aromatic carbocycles. The zero-order chi connectivity index (χ0) is 18.7. The maximum absolute atomic E-state index is 13.9. The molecule has 26 heavy (non-hydrogen) atoms. The van der Waals surface area contributed by atoms with Crippen molar-refractivity contribution in [1.29, 1.82) is 0 Å². The van der Waals surface area contributed by atoms with Crippen molar-refractivity contribution < 1.29 is 13.7 Å². The minimum Gasteiger partial charge on any atom is -0.342 e. The van der Waals surface area contributed by atoms with Gasteiger partial charge in [-0.2, -0.15) is 4.98 Å². The largest absolute Gasteiger partial charge is 0.342 e. The van der Waals surface area contributed by atoms with Gasteiger partial charge in [-0.1, -0.05) is 38.1 Å². The van der Waals surface area contributed by atoms with Gasteiger partial charge in [0.15, 0.2) is 0 Å². The fraction of sp³-hybridized carbons (Fsp3) is 0.550. The number of carbonyl (C=O) groups excluding carboxylic acids is 1. The van der Waals surface area contributed by atoms with Crippen molar-refractivity contribution in [3.8, 4) is 11.4 Å². The van der Waals surface area contributed by atoms with Crippen LogP contribution in [-0.4, -0.2) is 34.0 Å². The molecule has 1 saturated heterocycles. The Morgan fingerprint density at radius 2 is 2.12 bits per heavy atom. The third kappa shape index (κ3) is 4.68. The standard InChI is InChI=1S/C20H26FN3O2/c1-20(2,3)12-18(25)24-10-6-7-14(13-24)11-17-22-19(23-26-17)15-8-4-5-9-16(15)21/h4-5,8-9,14H,6-7,10-13H2,1-3H3. The number of carbonyl (C=O) groups is 1. The Labute approximate surface area is 153 Å². The summed E-state index contributed by atoms with van der Waals surface area (Å²) in [5, 5.41) is 3.91. The number of aromatic nitrogens is 2. The second-order valence-corrected chi connectivity index (χ2v) is 8.28. The van der Waals surface area contributed by atoms with Crippen molar-refractivity contribution in [3.05, 3.63) is 36.0 Å². The molecule has 5 nitrogen and oxygen atoms in total. The molecule has 1 aliphatic rings. The summed E-state index contributed by atoms with van der Waals surface area (Å²) in [6, 6.07) is 6.39. The number of benzene rings is 1. The molecule has 0 N–H and O–H groups in total. The molecule has 1 fully saturated rings. The van der Waals surface area contributed by atoms with E-state index in [1.165, 1.54) is 6.07 Å². The molecule has 2 heterocycles. The molecular formula is C20H26FN3O2. The normalized spacial score (nSPS) is 18.2. The molecule has 1 unspecified atom stereocenters. The first kappa shape index (κ1) is 18.5. The Kier molecular flexibility index (Phi) is 5.39. The van der Waals surface area contributed by atoms with Gasteiger partial charge in [-0.15, -0.1) is 0 Å². The van der Waals surface area contributed by atoms with Gasteiger partial charge in [0.1, 0.15) is 5.82 Å². The van der Waals surface area contributed by atoms with Crippen molar-refractivity contribution in [2.24, 2.45) is 11.3 Å². The van der Waals surface area contributed by atoms with Crippen LogP contribution in [0.5, 0.6) is 0 Å². The topological polar surface area (TPSA) is 59.2 Å². The van der Waals surface area contributed by atoms with Crippen LogP contribution in [0.25, 0.3) is 11.4 Å². The van der Waals surface area contributed by atoms with Crippen molar-refractivity contribution in [3.63, 3.8) is 0 Å². The molecule has 1 aliphatic heterocycles. The van der Waals surface area contributed by atoms with Gasteiger partial charge in [0.05, 0.1) is 5.56 Å². The average Bonchev–Trinajstić information content (AvgIpc) is 3.02. The van der Waals surface area contributed by atoms with Gasteiger partial charge in [-0.05, 0) is 36.3 Å². The van der Waals surface area contributed by atoms with Crippen LogP contribution in [0.4, 0.5) is 4.39 Å². The zero-order valence-electron chi connectivity index (χ0n) is 15.7. The summed E-state index contributed by atoms with van der Waals surface area (Å²) in [4.78, 5) is 18.8. The fourth-order valence-electron chi connectivity index (χ4n) is 3.36. The van der Waals surface area contributed by atoms with Crippen LogP contribution >= 0.6 is 0 Å². The number of piperidine rings is 1. The second-order valence-electron chi connectivity index (χ2n) is 8.28. The predicted octanol–water partition coefficient (Wildman–Crippen LogP) is 4.09. The number of amides is 1. The number of rotatable bonds is 4. The molecule has 140 valence electrons. The summed E-state index contributed by atoms with van der Waals surface area (Å²) in [7, 11) is 0. The monoisotopic (exact) mass is 359 g/mol. The summed E-state index contributed by atoms with van der Waals surface area (Å²) in [5.74, 6) is 0.908. The molecular weight excluding hydrogens is 333 g/mol. The summed E-state index contributed by atoms with van der Waals surface area (Å²) in [5.41, 5.74) is 0.332. The molecule has 0 spiro atoms. The lowest BCUT2D eigenvalue weighted by atomic mass is 9.89. The third-order valence-corrected chi connectivity index (χ3v) is 4.60. The van der Waals surface area contributed by atoms with Crippen LogP contribution in [0.2, 0.25) is 0 Å². The lowest BCUT2D eigenvalue weighted by molar-refractivity contribution is -0.134. The van der Waals surface area contributed by atoms with E-state index in [9.17, 15) is 9.18 Å². The maximum atomic E-state index is 13.9. The minimum atomic E-state index is -0.364. The van der Waals surface area contributed by atoms with Crippen LogP contribution in [0.1, 0.15) is 45.9 Å². The third-order valence-electron chi connectivity index (χ3n) is 4.60. The molecule has 1 amide bonds. The molecule has 1 aromatic heterocycles. The van der Waals surface area contributed by atoms with Crippen molar-refractivity contribution in [2.45, 2.75) is 46.5 Å². The van der Waals surface area contributed by atoms with E-state index >= 15 is 0 Å². The fourth-order valence-corrected chi connectivity index (χ4v) is 3.36. The molecule has 2 aromatic rings. The van der Waals surface area contributed by atoms with Gasteiger partial charge in [0.2, 0.25) is 17.6 Å². The Balaban J connectivity index is 1.63. The maximum Gasteiger partial charge on any atom is 0.227 e. The average molecular weight is 359 g/mol. The van der Waals surface area contributed by atoms with Crippen molar-refractivity contribution >= 4 is 5.91 Å². The van der Waals surface area contributed by atoms with Crippen LogP contribution in [0, 0.1) is 17.2 Å². The second kappa shape index (κ2) is 7.56. The van der Waals surface area contributed by atoms with E-state index in [4.69, 9.17) is 4.52 Å². The molecule has 0 aliphatic carbocycles. The first-order valence-electron chi connectivity index (χ1n) is 9.17. The molecule has 0 saturated carbocycles. The van der Waals surface area contributed by atoms with Crippen LogP contribution < -0.4 is 0 Å². The summed E-state index contributed by atoms with van der Waals surface area (Å²) >= 11 is 0. The molecule has 3 rings (SSSR count). The van der Waals surface area contributed by atoms with Crippen LogP contribution in [0.15, 0.2) is 28.8 Å². The van der Waals surface area contributed by atoms with Gasteiger partial charge < -0.3 is 9.42 Å². The van der Waals surface area contributed by atoms with Gasteiger partial charge in [0, 0.05) is 25.9 Å². The van der Waals surface area contributed by atoms with Crippen molar-refractivity contribution in [2.75, 3.05) is 13.1 Å². The number of likely N-dealkylation sites (tertiary alicyclic amines) is 1. The Hall–Kier alpha value is -2.24. The highest BCUT2D eigenvalue weighted by Gasteiger charge is 2.28. The van der Waals surface area contributed by atoms with Gasteiger partial charge in [0.25, 0.3) is 0 Å². The Morgan fingerprint density at radius 3 is 2.85 bits per heavy atom. The SMILES string of the molecule is CC(C)(C)CC(=O)N1CCCC(Cc2nc(-c3ccccc3F)no2)C1. The molecule has 1 atom stereocenters. The first-order valence-corrected chi connectivity index (χ1v) is 9.17. The number of hydrogen-bond acceptors (Lipinski definition) is 4. The number of halogens is 1. The van der Waals surface area contributed by atoms with Gasteiger partial charge >= 0.3 is 0 Å². The van der Waals surface area contributed by atoms with E-state index in [0.717, 1.165) is 19.4 Å². The van der Waals surface area contributed by atoms with E-state index in [0.29, 0.717) is 36.8 Å². The van der Waals surface area contributed by atoms with E-state index in [1.54, 1.807) is 18.2 Å². The van der Waals surface area contributed by atoms with Crippen molar-refractivity contribution in [1.82, 2.24) is 15.0 Å². The van der Waals surface area contributed by atoms with E-state index in [2.05, 4.69) is 30.9 Å². The van der Waals surface area contributed by atoms with Crippen LogP contribution in [0.3, 0.4) is 0 Å². The Bertz CT molecular complexity index is 766. The van der Waals surface area contributed by atoms with E-state index < -0.39 is 0 Å². The van der Waals surface area contributed by atoms with Crippen LogP contribution in [-0.2, 0) is 11.2 Å². The summed E-state index contributed by atoms with van der Waals surface area (Å²) < 4.78 is 19.2. The highest BCUT2D eigenvalue weighted by Crippen LogP contribution is 2.26. The minimum absolute atomic E-state index is 0.00876. The lowest BCUT2D eigenvalue weighted by Crippen LogP contribution is -2.41. The first-order chi connectivity index (χ1) is 12.3. The summed E-state index contributed by atoms with van der Waals surface area (Å²) in [6.45, 7) is 7.76. The quantitative estimate of drug-likeness (QED) is 0.825.